The van der Waals surface area contributed by atoms with E-state index >= 15 is 0 Å². The standard InChI is InChI=1S/C13H20BrNO2S/c1-4-15(11(2)10-18(3,16)17)9-12-7-5-6-8-13(12)14/h5-8,11H,4,9-10H2,1-3H3/t11-/m1/s1. The van der Waals surface area contributed by atoms with Gasteiger partial charge in [0.05, 0.1) is 5.75 Å². The van der Waals surface area contributed by atoms with Gasteiger partial charge in [-0.05, 0) is 25.1 Å². The molecular formula is C13H20BrNO2S. The molecule has 0 bridgehead atoms. The molecule has 0 aliphatic carbocycles. The van der Waals surface area contributed by atoms with Crippen LogP contribution in [0.1, 0.15) is 19.4 Å². The van der Waals surface area contributed by atoms with Crippen molar-refractivity contribution < 1.29 is 8.42 Å². The van der Waals surface area contributed by atoms with Gasteiger partial charge < -0.3 is 0 Å². The molecule has 0 radical (unpaired) electrons. The number of benzene rings is 1. The third kappa shape index (κ3) is 5.08. The fourth-order valence-corrected chi connectivity index (χ4v) is 3.47. The molecular weight excluding hydrogens is 314 g/mol. The highest BCUT2D eigenvalue weighted by Gasteiger charge is 2.17. The highest BCUT2D eigenvalue weighted by atomic mass is 79.9. The largest absolute Gasteiger partial charge is 0.296 e. The normalized spacial score (nSPS) is 13.8. The molecule has 0 amide bonds. The number of sulfone groups is 1. The topological polar surface area (TPSA) is 37.4 Å². The molecule has 0 saturated carbocycles. The van der Waals surface area contributed by atoms with Crippen LogP contribution in [0.4, 0.5) is 0 Å². The molecule has 3 nitrogen and oxygen atoms in total. The highest BCUT2D eigenvalue weighted by molar-refractivity contribution is 9.10. The molecule has 0 unspecified atom stereocenters. The fraction of sp³-hybridized carbons (Fsp3) is 0.538. The molecule has 0 aromatic heterocycles. The average Bonchev–Trinajstić information content (AvgIpc) is 2.25. The van der Waals surface area contributed by atoms with Crippen LogP contribution in [0, 0.1) is 0 Å². The second-order valence-corrected chi connectivity index (χ2v) is 7.64. The molecule has 1 aromatic rings. The third-order valence-electron chi connectivity index (χ3n) is 2.90. The number of halogens is 1. The van der Waals surface area contributed by atoms with E-state index in [9.17, 15) is 8.42 Å². The van der Waals surface area contributed by atoms with E-state index < -0.39 is 9.84 Å². The van der Waals surface area contributed by atoms with Crippen molar-refractivity contribution in [1.29, 1.82) is 0 Å². The van der Waals surface area contributed by atoms with Crippen LogP contribution in [0.2, 0.25) is 0 Å². The van der Waals surface area contributed by atoms with E-state index in [0.29, 0.717) is 0 Å². The van der Waals surface area contributed by atoms with Crippen molar-refractivity contribution in [3.8, 4) is 0 Å². The van der Waals surface area contributed by atoms with Gasteiger partial charge in [-0.25, -0.2) is 8.42 Å². The summed E-state index contributed by atoms with van der Waals surface area (Å²) >= 11 is 3.52. The van der Waals surface area contributed by atoms with Gasteiger partial charge in [0, 0.05) is 23.3 Å². The molecule has 0 heterocycles. The van der Waals surface area contributed by atoms with Crippen LogP contribution in [0.5, 0.6) is 0 Å². The average molecular weight is 334 g/mol. The number of nitrogens with zero attached hydrogens (tertiary/aromatic N) is 1. The molecule has 0 aliphatic heterocycles. The minimum absolute atomic E-state index is 0.0251. The number of hydrogen-bond acceptors (Lipinski definition) is 3. The first kappa shape index (κ1) is 15.7. The Hall–Kier alpha value is -0.390. The Morgan fingerprint density at radius 1 is 1.33 bits per heavy atom. The summed E-state index contributed by atoms with van der Waals surface area (Å²) in [5.41, 5.74) is 1.18. The summed E-state index contributed by atoms with van der Waals surface area (Å²) in [6, 6.07) is 8.06. The van der Waals surface area contributed by atoms with E-state index in [2.05, 4.69) is 33.8 Å². The van der Waals surface area contributed by atoms with Gasteiger partial charge in [-0.15, -0.1) is 0 Å². The predicted octanol–water partition coefficient (Wildman–Crippen LogP) is 2.70. The Bertz CT molecular complexity index is 488. The van der Waals surface area contributed by atoms with E-state index in [4.69, 9.17) is 0 Å². The first-order valence-electron chi connectivity index (χ1n) is 5.98. The fourth-order valence-electron chi connectivity index (χ4n) is 1.97. The van der Waals surface area contributed by atoms with Gasteiger partial charge in [0.25, 0.3) is 0 Å². The van der Waals surface area contributed by atoms with Crippen molar-refractivity contribution >= 4 is 25.8 Å². The van der Waals surface area contributed by atoms with Crippen molar-refractivity contribution in [2.45, 2.75) is 26.4 Å². The first-order chi connectivity index (χ1) is 8.33. The minimum Gasteiger partial charge on any atom is -0.296 e. The molecule has 5 heteroatoms. The van der Waals surface area contributed by atoms with Crippen LogP contribution in [-0.2, 0) is 16.4 Å². The Kier molecular flexibility index (Phi) is 5.82. The van der Waals surface area contributed by atoms with Crippen molar-refractivity contribution in [2.24, 2.45) is 0 Å². The SMILES string of the molecule is CCN(Cc1ccccc1Br)[C@H](C)CS(C)(=O)=O. The second kappa shape index (κ2) is 6.68. The lowest BCUT2D eigenvalue weighted by Gasteiger charge is -2.27. The van der Waals surface area contributed by atoms with E-state index in [1.54, 1.807) is 0 Å². The van der Waals surface area contributed by atoms with Crippen LogP contribution in [0.25, 0.3) is 0 Å². The van der Waals surface area contributed by atoms with Gasteiger partial charge in [-0.2, -0.15) is 0 Å². The Labute approximate surface area is 118 Å². The summed E-state index contributed by atoms with van der Waals surface area (Å²) in [5, 5.41) is 0. The summed E-state index contributed by atoms with van der Waals surface area (Å²) in [7, 11) is -2.93. The summed E-state index contributed by atoms with van der Waals surface area (Å²) in [6.07, 6.45) is 1.29. The molecule has 1 rings (SSSR count). The molecule has 0 spiro atoms. The van der Waals surface area contributed by atoms with Gasteiger partial charge >= 0.3 is 0 Å². The van der Waals surface area contributed by atoms with Crippen molar-refractivity contribution in [3.63, 3.8) is 0 Å². The molecule has 0 aliphatic rings. The smallest absolute Gasteiger partial charge is 0.148 e. The van der Waals surface area contributed by atoms with Crippen LogP contribution < -0.4 is 0 Å². The van der Waals surface area contributed by atoms with Gasteiger partial charge in [-0.3, -0.25) is 4.90 Å². The van der Waals surface area contributed by atoms with Gasteiger partial charge in [0.15, 0.2) is 0 Å². The van der Waals surface area contributed by atoms with Crippen LogP contribution in [0.3, 0.4) is 0 Å². The molecule has 0 fully saturated rings. The molecule has 102 valence electrons. The quantitative estimate of drug-likeness (QED) is 0.803. The number of rotatable bonds is 6. The van der Waals surface area contributed by atoms with Crippen LogP contribution in [0.15, 0.2) is 28.7 Å². The van der Waals surface area contributed by atoms with Crippen molar-refractivity contribution in [3.05, 3.63) is 34.3 Å². The maximum Gasteiger partial charge on any atom is 0.148 e. The molecule has 1 atom stereocenters. The zero-order chi connectivity index (χ0) is 13.8. The summed E-state index contributed by atoms with van der Waals surface area (Å²) in [6.45, 7) is 5.60. The minimum atomic E-state index is -2.93. The Morgan fingerprint density at radius 3 is 2.44 bits per heavy atom. The lowest BCUT2D eigenvalue weighted by atomic mass is 10.2. The Morgan fingerprint density at radius 2 is 1.94 bits per heavy atom. The number of hydrogen-bond donors (Lipinski definition) is 0. The van der Waals surface area contributed by atoms with Crippen LogP contribution in [-0.4, -0.2) is 37.9 Å². The molecule has 1 aromatic carbocycles. The van der Waals surface area contributed by atoms with Gasteiger partial charge in [0.2, 0.25) is 0 Å². The summed E-state index contributed by atoms with van der Waals surface area (Å²) in [5.74, 6) is 0.200. The third-order valence-corrected chi connectivity index (χ3v) is 4.77. The zero-order valence-corrected chi connectivity index (χ0v) is 13.5. The van der Waals surface area contributed by atoms with E-state index in [1.807, 2.05) is 25.1 Å². The van der Waals surface area contributed by atoms with E-state index in [1.165, 1.54) is 11.8 Å². The maximum absolute atomic E-state index is 11.3. The lowest BCUT2D eigenvalue weighted by Crippen LogP contribution is -2.37. The lowest BCUT2D eigenvalue weighted by molar-refractivity contribution is 0.226. The highest BCUT2D eigenvalue weighted by Crippen LogP contribution is 2.19. The molecule has 18 heavy (non-hydrogen) atoms. The monoisotopic (exact) mass is 333 g/mol. The summed E-state index contributed by atoms with van der Waals surface area (Å²) < 4.78 is 23.8. The van der Waals surface area contributed by atoms with Crippen molar-refractivity contribution in [2.75, 3.05) is 18.6 Å². The maximum atomic E-state index is 11.3. The summed E-state index contributed by atoms with van der Waals surface area (Å²) in [4.78, 5) is 2.17. The van der Waals surface area contributed by atoms with Gasteiger partial charge in [0.1, 0.15) is 9.84 Å². The van der Waals surface area contributed by atoms with E-state index in [-0.39, 0.29) is 11.8 Å². The first-order valence-corrected chi connectivity index (χ1v) is 8.84. The predicted molar refractivity (Wildman–Crippen MR) is 79.4 cm³/mol. The molecule has 0 saturated heterocycles. The zero-order valence-electron chi connectivity index (χ0n) is 11.1. The van der Waals surface area contributed by atoms with Gasteiger partial charge in [-0.1, -0.05) is 41.1 Å². The van der Waals surface area contributed by atoms with E-state index in [0.717, 1.165) is 17.6 Å². The second-order valence-electron chi connectivity index (χ2n) is 4.60. The molecule has 0 N–H and O–H groups in total. The van der Waals surface area contributed by atoms with Crippen LogP contribution >= 0.6 is 15.9 Å². The Balaban J connectivity index is 2.76. The van der Waals surface area contributed by atoms with Crippen molar-refractivity contribution in [1.82, 2.24) is 4.90 Å².